The number of nitrogens with one attached hydrogen (secondary N) is 2. The number of para-hydroxylation sites is 1. The maximum Gasteiger partial charge on any atom is 0.421 e. The Morgan fingerprint density at radius 2 is 0.921 bits per heavy atom. The van der Waals surface area contributed by atoms with Crippen molar-refractivity contribution in [3.8, 4) is 40.1 Å². The van der Waals surface area contributed by atoms with Crippen LogP contribution in [0.4, 0.5) is 31.1 Å². The van der Waals surface area contributed by atoms with E-state index in [1.165, 1.54) is 21.5 Å². The Hall–Kier alpha value is -6.35. The average Bonchev–Trinajstić information content (AvgIpc) is 3.76. The molecule has 0 spiro atoms. The number of ether oxygens (including phenoxy) is 5. The van der Waals surface area contributed by atoms with E-state index in [9.17, 15) is 19.2 Å². The van der Waals surface area contributed by atoms with Crippen molar-refractivity contribution in [2.24, 2.45) is 0 Å². The number of benzene rings is 3. The number of hydrogen-bond acceptors (Lipinski definition) is 11. The largest absolute Gasteiger partial charge is 0.495 e. The summed E-state index contributed by atoms with van der Waals surface area (Å²) in [6.07, 6.45) is 0.226. The Labute approximate surface area is 382 Å². The minimum atomic E-state index is -0.773. The molecule has 5 aromatic rings. The summed E-state index contributed by atoms with van der Waals surface area (Å²) in [5.41, 5.74) is 0.850. The number of carbonyl (C=O) groups excluding carboxylic acids is 4. The van der Waals surface area contributed by atoms with Gasteiger partial charge in [0.25, 0.3) is 0 Å². The lowest BCUT2D eigenvalue weighted by atomic mass is 10.0. The third-order valence-electron chi connectivity index (χ3n) is 7.69. The molecule has 2 N–H and O–H groups in total. The second-order valence-electron chi connectivity index (χ2n) is 17.8. The summed E-state index contributed by atoms with van der Waals surface area (Å²) in [6, 6.07) is 22.4. The number of carbonyl (C=O) groups is 4. The number of aromatic nitrogens is 4. The third kappa shape index (κ3) is 14.9. The molecule has 0 aliphatic heterocycles. The van der Waals surface area contributed by atoms with E-state index in [0.717, 1.165) is 14.7 Å². The standard InChI is InChI=1S/C28H31N3O5.C19H24IN3O4/c1-27(2,3)35-25(32)30-24-29-18-22(31(24)26(33)36-28(4,5)6)21-14-10-8-12-19(21)16-17-20-13-9-11-15-23(20)34-7;1-18(2,3)26-16(24)22-15-21-11-14(12-9-7-8-10-13(12)20)23(15)17(25)27-19(4,5)6/h8-15,18H,1-7H3,(H,29,30,32);7-11H,1-6H3,(H,21,22,24). The van der Waals surface area contributed by atoms with Crippen LogP contribution in [0.2, 0.25) is 0 Å². The number of anilines is 2. The Morgan fingerprint density at radius 1 is 0.540 bits per heavy atom. The molecule has 0 radical (unpaired) electrons. The molecule has 5 rings (SSSR count). The van der Waals surface area contributed by atoms with Gasteiger partial charge in [0.05, 0.1) is 36.5 Å². The van der Waals surface area contributed by atoms with Gasteiger partial charge in [-0.15, -0.1) is 0 Å². The van der Waals surface area contributed by atoms with Crippen LogP contribution in [-0.2, 0) is 18.9 Å². The van der Waals surface area contributed by atoms with Crippen LogP contribution in [0.15, 0.2) is 85.2 Å². The molecule has 63 heavy (non-hydrogen) atoms. The summed E-state index contributed by atoms with van der Waals surface area (Å²) in [7, 11) is 1.59. The zero-order valence-corrected chi connectivity index (χ0v) is 40.1. The minimum absolute atomic E-state index is 0.0269. The van der Waals surface area contributed by atoms with E-state index >= 15 is 0 Å². The van der Waals surface area contributed by atoms with Gasteiger partial charge in [-0.1, -0.05) is 60.4 Å². The van der Waals surface area contributed by atoms with Gasteiger partial charge < -0.3 is 23.7 Å². The monoisotopic (exact) mass is 974 g/mol. The van der Waals surface area contributed by atoms with Crippen molar-refractivity contribution in [1.82, 2.24) is 19.1 Å². The fourth-order valence-electron chi connectivity index (χ4n) is 5.40. The lowest BCUT2D eigenvalue weighted by Gasteiger charge is -2.22. The lowest BCUT2D eigenvalue weighted by Crippen LogP contribution is -2.31. The quantitative estimate of drug-likeness (QED) is 0.0974. The highest BCUT2D eigenvalue weighted by atomic mass is 127. The van der Waals surface area contributed by atoms with Crippen molar-refractivity contribution in [2.75, 3.05) is 17.7 Å². The summed E-state index contributed by atoms with van der Waals surface area (Å²) >= 11 is 2.18. The van der Waals surface area contributed by atoms with Crippen LogP contribution in [-0.4, -0.2) is 73.0 Å². The summed E-state index contributed by atoms with van der Waals surface area (Å²) < 4.78 is 30.5. The van der Waals surface area contributed by atoms with Gasteiger partial charge in [-0.2, -0.15) is 0 Å². The molecule has 0 aliphatic rings. The number of nitrogens with zero attached hydrogens (tertiary/aromatic N) is 4. The third-order valence-corrected chi connectivity index (χ3v) is 8.63. The molecule has 15 nitrogen and oxygen atoms in total. The fraction of sp³-hybridized carbons (Fsp3) is 0.362. The second kappa shape index (κ2) is 20.2. The van der Waals surface area contributed by atoms with Crippen molar-refractivity contribution in [2.45, 2.75) is 105 Å². The second-order valence-corrected chi connectivity index (χ2v) is 19.0. The van der Waals surface area contributed by atoms with Crippen LogP contribution in [0.5, 0.6) is 5.75 Å². The molecule has 2 aromatic heterocycles. The Morgan fingerprint density at radius 3 is 1.37 bits per heavy atom. The normalized spacial score (nSPS) is 11.5. The van der Waals surface area contributed by atoms with Crippen LogP contribution in [0, 0.1) is 15.4 Å². The molecule has 0 fully saturated rings. The highest BCUT2D eigenvalue weighted by Gasteiger charge is 2.29. The van der Waals surface area contributed by atoms with E-state index in [4.69, 9.17) is 23.7 Å². The van der Waals surface area contributed by atoms with Gasteiger partial charge in [-0.3, -0.25) is 10.6 Å². The average molecular weight is 975 g/mol. The Bertz CT molecular complexity index is 2500. The molecule has 16 heteroatoms. The molecule has 0 aliphatic carbocycles. The van der Waals surface area contributed by atoms with Gasteiger partial charge in [0.15, 0.2) is 0 Å². The molecule has 3 aromatic carbocycles. The molecule has 2 amide bonds. The van der Waals surface area contributed by atoms with Crippen molar-refractivity contribution in [1.29, 1.82) is 0 Å². The molecule has 0 saturated heterocycles. The van der Waals surface area contributed by atoms with Gasteiger partial charge in [-0.25, -0.2) is 38.3 Å². The number of hydrogen-bond donors (Lipinski definition) is 2. The molecule has 0 unspecified atom stereocenters. The highest BCUT2D eigenvalue weighted by Crippen LogP contribution is 2.30. The number of halogens is 1. The maximum absolute atomic E-state index is 13.2. The molecular weight excluding hydrogens is 919 g/mol. The van der Waals surface area contributed by atoms with Crippen LogP contribution in [0.25, 0.3) is 22.5 Å². The number of imidazole rings is 2. The molecular formula is C47H55IN6O9. The van der Waals surface area contributed by atoms with E-state index in [-0.39, 0.29) is 11.9 Å². The van der Waals surface area contributed by atoms with Crippen molar-refractivity contribution < 1.29 is 42.9 Å². The molecule has 0 bridgehead atoms. The van der Waals surface area contributed by atoms with Gasteiger partial charge in [-0.05, 0) is 130 Å². The first-order valence-corrected chi connectivity index (χ1v) is 20.9. The van der Waals surface area contributed by atoms with Crippen molar-refractivity contribution >= 4 is 58.9 Å². The first kappa shape index (κ1) is 49.3. The zero-order chi connectivity index (χ0) is 46.9. The molecule has 0 saturated carbocycles. The Kier molecular flexibility index (Phi) is 15.8. The predicted octanol–water partition coefficient (Wildman–Crippen LogP) is 11.4. The summed E-state index contributed by atoms with van der Waals surface area (Å²) in [4.78, 5) is 59.1. The minimum Gasteiger partial charge on any atom is -0.495 e. The van der Waals surface area contributed by atoms with Crippen LogP contribution in [0.3, 0.4) is 0 Å². The van der Waals surface area contributed by atoms with Crippen molar-refractivity contribution in [3.05, 3.63) is 99.9 Å². The van der Waals surface area contributed by atoms with E-state index in [2.05, 4.69) is 55.0 Å². The van der Waals surface area contributed by atoms with E-state index < -0.39 is 46.8 Å². The van der Waals surface area contributed by atoms with E-state index in [1.807, 2.05) is 72.8 Å². The first-order chi connectivity index (χ1) is 29.2. The summed E-state index contributed by atoms with van der Waals surface area (Å²) in [5, 5.41) is 5.08. The Balaban J connectivity index is 0.000000288. The fourth-order valence-corrected chi connectivity index (χ4v) is 6.07. The first-order valence-electron chi connectivity index (χ1n) is 19.9. The SMILES string of the molecule is CC(C)(C)OC(=O)Nc1ncc(-c2ccccc2I)n1C(=O)OC(C)(C)C.COc1ccccc1C#Cc1ccccc1-c1cnc(NC(=O)OC(C)(C)C)n1C(=O)OC(C)(C)C. The van der Waals surface area contributed by atoms with Gasteiger partial charge in [0, 0.05) is 20.3 Å². The van der Waals surface area contributed by atoms with Crippen LogP contribution >= 0.6 is 22.6 Å². The smallest absolute Gasteiger partial charge is 0.421 e. The van der Waals surface area contributed by atoms with Crippen molar-refractivity contribution in [3.63, 3.8) is 0 Å². The topological polar surface area (TPSA) is 174 Å². The maximum atomic E-state index is 13.2. The zero-order valence-electron chi connectivity index (χ0n) is 37.9. The highest BCUT2D eigenvalue weighted by molar-refractivity contribution is 14.1. The predicted molar refractivity (Wildman–Crippen MR) is 250 cm³/mol. The van der Waals surface area contributed by atoms with Gasteiger partial charge in [0.1, 0.15) is 28.2 Å². The van der Waals surface area contributed by atoms with Crippen LogP contribution < -0.4 is 15.4 Å². The number of methoxy groups -OCH3 is 1. The molecule has 334 valence electrons. The molecule has 2 heterocycles. The van der Waals surface area contributed by atoms with Gasteiger partial charge in [0.2, 0.25) is 11.9 Å². The number of rotatable bonds is 5. The van der Waals surface area contributed by atoms with Gasteiger partial charge >= 0.3 is 24.4 Å². The van der Waals surface area contributed by atoms with E-state index in [0.29, 0.717) is 28.3 Å². The summed E-state index contributed by atoms with van der Waals surface area (Å²) in [5.74, 6) is 6.96. The lowest BCUT2D eigenvalue weighted by molar-refractivity contribution is 0.0526. The summed E-state index contributed by atoms with van der Waals surface area (Å²) in [6.45, 7) is 21.1. The van der Waals surface area contributed by atoms with E-state index in [1.54, 1.807) is 90.2 Å². The number of amides is 2. The molecule has 0 atom stereocenters. The van der Waals surface area contributed by atoms with Crippen LogP contribution in [0.1, 0.15) is 94.2 Å².